The van der Waals surface area contributed by atoms with Gasteiger partial charge in [0.15, 0.2) is 0 Å². The highest BCUT2D eigenvalue weighted by Crippen LogP contribution is 2.14. The Bertz CT molecular complexity index is 518. The molecule has 0 atom stereocenters. The van der Waals surface area contributed by atoms with Gasteiger partial charge >= 0.3 is 6.18 Å². The van der Waals surface area contributed by atoms with Crippen molar-refractivity contribution < 1.29 is 27.8 Å². The summed E-state index contributed by atoms with van der Waals surface area (Å²) in [5.74, 6) is 4.39. The summed E-state index contributed by atoms with van der Waals surface area (Å²) in [5, 5.41) is 10.9. The topological polar surface area (TPSA) is 58.6 Å². The van der Waals surface area contributed by atoms with Crippen LogP contribution in [-0.4, -0.2) is 37.0 Å². The van der Waals surface area contributed by atoms with E-state index in [2.05, 4.69) is 21.9 Å². The SMILES string of the molecule is O=C(COCC(F)(F)F)Nc1cccc(C#CCO)c1. The Morgan fingerprint density at radius 1 is 1.40 bits per heavy atom. The van der Waals surface area contributed by atoms with Crippen LogP contribution in [0, 0.1) is 11.8 Å². The Labute approximate surface area is 113 Å². The summed E-state index contributed by atoms with van der Waals surface area (Å²) in [4.78, 5) is 11.3. The number of carbonyl (C=O) groups excluding carboxylic acids is 1. The van der Waals surface area contributed by atoms with Crippen molar-refractivity contribution in [2.24, 2.45) is 0 Å². The van der Waals surface area contributed by atoms with Crippen LogP contribution >= 0.6 is 0 Å². The number of aliphatic hydroxyl groups excluding tert-OH is 1. The van der Waals surface area contributed by atoms with Crippen LogP contribution in [0.4, 0.5) is 18.9 Å². The van der Waals surface area contributed by atoms with Crippen LogP contribution in [-0.2, 0) is 9.53 Å². The van der Waals surface area contributed by atoms with E-state index in [1.54, 1.807) is 18.2 Å². The molecule has 0 fully saturated rings. The van der Waals surface area contributed by atoms with Crippen molar-refractivity contribution >= 4 is 11.6 Å². The molecular formula is C13H12F3NO3. The second-order valence-corrected chi connectivity index (χ2v) is 3.70. The van der Waals surface area contributed by atoms with E-state index in [4.69, 9.17) is 5.11 Å². The smallest absolute Gasteiger partial charge is 0.384 e. The van der Waals surface area contributed by atoms with E-state index in [1.165, 1.54) is 6.07 Å². The molecule has 0 aliphatic rings. The van der Waals surface area contributed by atoms with Gasteiger partial charge in [-0.05, 0) is 18.2 Å². The maximum absolute atomic E-state index is 11.8. The summed E-state index contributed by atoms with van der Waals surface area (Å²) in [6.45, 7) is -2.45. The molecule has 0 aliphatic heterocycles. The molecule has 2 N–H and O–H groups in total. The highest BCUT2D eigenvalue weighted by atomic mass is 19.4. The van der Waals surface area contributed by atoms with Crippen molar-refractivity contribution in [3.63, 3.8) is 0 Å². The molecule has 1 aromatic carbocycles. The van der Waals surface area contributed by atoms with Crippen molar-refractivity contribution in [2.45, 2.75) is 6.18 Å². The zero-order chi connectivity index (χ0) is 15.0. The van der Waals surface area contributed by atoms with Crippen molar-refractivity contribution in [3.8, 4) is 11.8 Å². The van der Waals surface area contributed by atoms with E-state index in [9.17, 15) is 18.0 Å². The number of benzene rings is 1. The van der Waals surface area contributed by atoms with Crippen molar-refractivity contribution in [3.05, 3.63) is 29.8 Å². The van der Waals surface area contributed by atoms with E-state index in [1.807, 2.05) is 0 Å². The molecule has 0 aromatic heterocycles. The van der Waals surface area contributed by atoms with Gasteiger partial charge in [-0.25, -0.2) is 0 Å². The number of hydrogen-bond acceptors (Lipinski definition) is 3. The lowest BCUT2D eigenvalue weighted by Crippen LogP contribution is -2.23. The van der Waals surface area contributed by atoms with Gasteiger partial charge in [0.05, 0.1) is 0 Å². The summed E-state index contributed by atoms with van der Waals surface area (Å²) in [6.07, 6.45) is -4.46. The van der Waals surface area contributed by atoms with E-state index < -0.39 is 25.3 Å². The summed E-state index contributed by atoms with van der Waals surface area (Å²) in [7, 11) is 0. The lowest BCUT2D eigenvalue weighted by Gasteiger charge is -2.08. The third-order valence-corrected chi connectivity index (χ3v) is 1.96. The van der Waals surface area contributed by atoms with Crippen LogP contribution in [0.15, 0.2) is 24.3 Å². The molecule has 0 aliphatic carbocycles. The van der Waals surface area contributed by atoms with Crippen molar-refractivity contribution in [1.82, 2.24) is 0 Å². The van der Waals surface area contributed by atoms with E-state index in [0.717, 1.165) is 0 Å². The fourth-order valence-corrected chi connectivity index (χ4v) is 1.27. The number of anilines is 1. The minimum atomic E-state index is -4.46. The monoisotopic (exact) mass is 287 g/mol. The van der Waals surface area contributed by atoms with Crippen LogP contribution in [0.1, 0.15) is 5.56 Å². The maximum atomic E-state index is 11.8. The van der Waals surface area contributed by atoms with Gasteiger partial charge in [0.1, 0.15) is 19.8 Å². The number of amides is 1. The Morgan fingerprint density at radius 3 is 2.80 bits per heavy atom. The van der Waals surface area contributed by atoms with Gasteiger partial charge in [0, 0.05) is 11.3 Å². The molecule has 0 bridgehead atoms. The second-order valence-electron chi connectivity index (χ2n) is 3.70. The van der Waals surface area contributed by atoms with Gasteiger partial charge in [-0.15, -0.1) is 0 Å². The van der Waals surface area contributed by atoms with E-state index in [0.29, 0.717) is 11.3 Å². The Kier molecular flexibility index (Phi) is 6.03. The fourth-order valence-electron chi connectivity index (χ4n) is 1.27. The minimum Gasteiger partial charge on any atom is -0.384 e. The number of rotatable bonds is 4. The summed E-state index contributed by atoms with van der Waals surface area (Å²) < 4.78 is 39.7. The lowest BCUT2D eigenvalue weighted by atomic mass is 10.2. The van der Waals surface area contributed by atoms with Gasteiger partial charge < -0.3 is 15.2 Å². The lowest BCUT2D eigenvalue weighted by molar-refractivity contribution is -0.174. The first-order chi connectivity index (χ1) is 9.40. The zero-order valence-corrected chi connectivity index (χ0v) is 10.3. The molecule has 0 heterocycles. The van der Waals surface area contributed by atoms with Gasteiger partial charge in [-0.2, -0.15) is 13.2 Å². The molecule has 7 heteroatoms. The molecule has 0 saturated carbocycles. The Morgan fingerprint density at radius 2 is 2.15 bits per heavy atom. The number of aliphatic hydroxyl groups is 1. The molecule has 0 radical (unpaired) electrons. The molecule has 1 amide bonds. The number of nitrogens with one attached hydrogen (secondary N) is 1. The first-order valence-corrected chi connectivity index (χ1v) is 5.55. The minimum absolute atomic E-state index is 0.290. The maximum Gasteiger partial charge on any atom is 0.411 e. The molecule has 20 heavy (non-hydrogen) atoms. The average Bonchev–Trinajstić information content (AvgIpc) is 2.35. The van der Waals surface area contributed by atoms with Gasteiger partial charge in [-0.1, -0.05) is 17.9 Å². The van der Waals surface area contributed by atoms with Gasteiger partial charge in [-0.3, -0.25) is 4.79 Å². The molecule has 0 spiro atoms. The second kappa shape index (κ2) is 7.53. The molecule has 1 aromatic rings. The number of hydrogen-bond donors (Lipinski definition) is 2. The first-order valence-electron chi connectivity index (χ1n) is 5.55. The highest BCUT2D eigenvalue weighted by molar-refractivity contribution is 5.91. The third-order valence-electron chi connectivity index (χ3n) is 1.96. The molecule has 0 unspecified atom stereocenters. The normalized spacial score (nSPS) is 10.6. The van der Waals surface area contributed by atoms with Crippen LogP contribution in [0.5, 0.6) is 0 Å². The number of halogens is 3. The van der Waals surface area contributed by atoms with E-state index >= 15 is 0 Å². The van der Waals surface area contributed by atoms with Crippen molar-refractivity contribution in [1.29, 1.82) is 0 Å². The first kappa shape index (κ1) is 16.0. The van der Waals surface area contributed by atoms with Gasteiger partial charge in [0.2, 0.25) is 5.91 Å². The molecule has 108 valence electrons. The van der Waals surface area contributed by atoms with Crippen LogP contribution in [0.3, 0.4) is 0 Å². The Hall–Kier alpha value is -2.04. The van der Waals surface area contributed by atoms with Gasteiger partial charge in [0.25, 0.3) is 0 Å². The predicted molar refractivity (Wildman–Crippen MR) is 65.9 cm³/mol. The summed E-state index contributed by atoms with van der Waals surface area (Å²) >= 11 is 0. The number of alkyl halides is 3. The highest BCUT2D eigenvalue weighted by Gasteiger charge is 2.27. The average molecular weight is 287 g/mol. The Balaban J connectivity index is 2.49. The zero-order valence-electron chi connectivity index (χ0n) is 10.3. The number of ether oxygens (including phenoxy) is 1. The quantitative estimate of drug-likeness (QED) is 0.826. The molecule has 1 rings (SSSR count). The molecule has 0 saturated heterocycles. The standard InChI is InChI=1S/C13H12F3NO3/c14-13(15,16)9-20-8-12(19)17-11-5-1-3-10(7-11)4-2-6-18/h1,3,5,7,18H,6,8-9H2,(H,17,19). The van der Waals surface area contributed by atoms with Crippen LogP contribution < -0.4 is 5.32 Å². The molecular weight excluding hydrogens is 275 g/mol. The van der Waals surface area contributed by atoms with Crippen LogP contribution in [0.2, 0.25) is 0 Å². The van der Waals surface area contributed by atoms with E-state index in [-0.39, 0.29) is 6.61 Å². The fraction of sp³-hybridized carbons (Fsp3) is 0.308. The van der Waals surface area contributed by atoms with Crippen LogP contribution in [0.25, 0.3) is 0 Å². The third kappa shape index (κ3) is 6.78. The predicted octanol–water partition coefficient (Wildman–Crippen LogP) is 1.55. The summed E-state index contributed by atoms with van der Waals surface area (Å²) in [5.41, 5.74) is 0.948. The summed E-state index contributed by atoms with van der Waals surface area (Å²) in [6, 6.07) is 6.38. The van der Waals surface area contributed by atoms with Crippen molar-refractivity contribution in [2.75, 3.05) is 25.1 Å². The molecule has 4 nitrogen and oxygen atoms in total. The number of carbonyl (C=O) groups is 1. The largest absolute Gasteiger partial charge is 0.411 e.